The number of fused-ring (bicyclic) bond motifs is 1. The van der Waals surface area contributed by atoms with E-state index in [-0.39, 0.29) is 17.7 Å². The summed E-state index contributed by atoms with van der Waals surface area (Å²) >= 11 is 0. The number of benzene rings is 2. The summed E-state index contributed by atoms with van der Waals surface area (Å²) in [6.07, 6.45) is 3.94. The molecule has 7 heteroatoms. The molecule has 1 aliphatic rings. The van der Waals surface area contributed by atoms with Crippen molar-refractivity contribution in [2.24, 2.45) is 5.92 Å². The van der Waals surface area contributed by atoms with Crippen LogP contribution in [0.1, 0.15) is 24.0 Å². The molecule has 2 aromatic carbocycles. The van der Waals surface area contributed by atoms with E-state index in [0.717, 1.165) is 28.5 Å². The van der Waals surface area contributed by atoms with Gasteiger partial charge in [-0.15, -0.1) is 0 Å². The molecule has 3 aromatic rings. The number of carbonyl (C=O) groups is 3. The number of aromatic nitrogens is 1. The molecule has 7 nitrogen and oxygen atoms in total. The quantitative estimate of drug-likeness (QED) is 0.545. The normalized spacial score (nSPS) is 16.9. The lowest BCUT2D eigenvalue weighted by atomic mass is 9.95. The highest BCUT2D eigenvalue weighted by Gasteiger charge is 2.31. The number of nitrogens with one attached hydrogen (secondary N) is 2. The smallest absolute Gasteiger partial charge is 0.328 e. The molecule has 0 bridgehead atoms. The Bertz CT molecular complexity index is 1120. The number of hydrogen-bond acceptors (Lipinski definition) is 4. The number of likely N-dealkylation sites (tertiary alicyclic amines) is 1. The van der Waals surface area contributed by atoms with Crippen LogP contribution in [0.4, 0.5) is 0 Å². The third-order valence-electron chi connectivity index (χ3n) is 6.24. The molecule has 4 rings (SSSR count). The van der Waals surface area contributed by atoms with Crippen molar-refractivity contribution < 1.29 is 19.1 Å². The molecule has 2 heterocycles. The van der Waals surface area contributed by atoms with E-state index in [4.69, 9.17) is 4.74 Å². The first-order valence-corrected chi connectivity index (χ1v) is 11.3. The molecular weight excluding hydrogens is 418 g/mol. The molecule has 1 fully saturated rings. The molecule has 33 heavy (non-hydrogen) atoms. The minimum Gasteiger partial charge on any atom is -0.467 e. The van der Waals surface area contributed by atoms with Gasteiger partial charge in [0, 0.05) is 36.6 Å². The number of rotatable bonds is 7. The highest BCUT2D eigenvalue weighted by atomic mass is 16.5. The Morgan fingerprint density at radius 1 is 1.12 bits per heavy atom. The first-order chi connectivity index (χ1) is 16.0. The second-order valence-electron chi connectivity index (χ2n) is 8.49. The van der Waals surface area contributed by atoms with Crippen molar-refractivity contribution in [3.05, 3.63) is 71.9 Å². The van der Waals surface area contributed by atoms with Crippen molar-refractivity contribution in [3.8, 4) is 0 Å². The van der Waals surface area contributed by atoms with Crippen molar-refractivity contribution in [1.29, 1.82) is 0 Å². The molecular formula is C26H29N3O4. The van der Waals surface area contributed by atoms with Crippen molar-refractivity contribution in [1.82, 2.24) is 15.2 Å². The minimum absolute atomic E-state index is 0.0158. The number of aromatic amines is 1. The summed E-state index contributed by atoms with van der Waals surface area (Å²) < 4.78 is 4.96. The summed E-state index contributed by atoms with van der Waals surface area (Å²) in [5.74, 6) is -1.04. The van der Waals surface area contributed by atoms with Crippen molar-refractivity contribution in [2.45, 2.75) is 31.7 Å². The molecule has 172 valence electrons. The largest absolute Gasteiger partial charge is 0.467 e. The van der Waals surface area contributed by atoms with Gasteiger partial charge in [0.25, 0.3) is 0 Å². The van der Waals surface area contributed by atoms with Gasteiger partial charge in [0.2, 0.25) is 11.8 Å². The predicted molar refractivity (Wildman–Crippen MR) is 125 cm³/mol. The molecule has 0 aliphatic carbocycles. The van der Waals surface area contributed by atoms with Gasteiger partial charge in [0.15, 0.2) is 0 Å². The number of ether oxygens (including phenoxy) is 1. The van der Waals surface area contributed by atoms with E-state index < -0.39 is 12.0 Å². The van der Waals surface area contributed by atoms with Crippen LogP contribution in [-0.4, -0.2) is 53.9 Å². The predicted octanol–water partition coefficient (Wildman–Crippen LogP) is 2.85. The van der Waals surface area contributed by atoms with E-state index in [2.05, 4.69) is 10.3 Å². The Morgan fingerprint density at radius 3 is 2.67 bits per heavy atom. The van der Waals surface area contributed by atoms with Crippen LogP contribution in [0, 0.1) is 5.92 Å². The fraction of sp³-hybridized carbons (Fsp3) is 0.346. The van der Waals surface area contributed by atoms with E-state index in [1.54, 1.807) is 4.90 Å². The minimum atomic E-state index is -0.794. The maximum atomic E-state index is 13.1. The standard InChI is InChI=1S/C26H29N3O4/c1-33-26(32)23(15-20-16-27-22-12-6-5-11-21(20)22)28-25(31)19-10-7-13-29(17-19)24(30)14-18-8-3-2-4-9-18/h2-6,8-9,11-12,16,19,23,27H,7,10,13-15,17H2,1H3,(H,28,31)/t19?,23-/m1/s1. The number of para-hydroxylation sites is 1. The second kappa shape index (κ2) is 10.3. The fourth-order valence-electron chi connectivity index (χ4n) is 4.45. The lowest BCUT2D eigenvalue weighted by Crippen LogP contribution is -2.50. The summed E-state index contributed by atoms with van der Waals surface area (Å²) in [6, 6.07) is 16.6. The lowest BCUT2D eigenvalue weighted by molar-refractivity contribution is -0.146. The van der Waals surface area contributed by atoms with E-state index in [0.29, 0.717) is 32.4 Å². The Morgan fingerprint density at radius 2 is 1.88 bits per heavy atom. The number of hydrogen-bond donors (Lipinski definition) is 2. The molecule has 2 atom stereocenters. The Balaban J connectivity index is 1.40. The van der Waals surface area contributed by atoms with Crippen molar-refractivity contribution in [3.63, 3.8) is 0 Å². The first-order valence-electron chi connectivity index (χ1n) is 11.3. The van der Waals surface area contributed by atoms with Gasteiger partial charge < -0.3 is 19.9 Å². The highest BCUT2D eigenvalue weighted by Crippen LogP contribution is 2.21. The molecule has 2 amide bonds. The summed E-state index contributed by atoms with van der Waals surface area (Å²) in [7, 11) is 1.32. The molecule has 1 saturated heterocycles. The van der Waals surface area contributed by atoms with E-state index in [9.17, 15) is 14.4 Å². The molecule has 0 saturated carbocycles. The molecule has 1 aliphatic heterocycles. The zero-order valence-corrected chi connectivity index (χ0v) is 18.8. The monoisotopic (exact) mass is 447 g/mol. The van der Waals surface area contributed by atoms with Gasteiger partial charge in [-0.3, -0.25) is 9.59 Å². The van der Waals surface area contributed by atoms with Crippen LogP contribution >= 0.6 is 0 Å². The summed E-state index contributed by atoms with van der Waals surface area (Å²) in [5, 5.41) is 3.89. The number of carbonyl (C=O) groups excluding carboxylic acids is 3. The van der Waals surface area contributed by atoms with Gasteiger partial charge in [-0.1, -0.05) is 48.5 Å². The third-order valence-corrected chi connectivity index (χ3v) is 6.24. The number of nitrogens with zero attached hydrogens (tertiary/aromatic N) is 1. The summed E-state index contributed by atoms with van der Waals surface area (Å²) in [5.41, 5.74) is 2.87. The van der Waals surface area contributed by atoms with Crippen LogP contribution < -0.4 is 5.32 Å². The van der Waals surface area contributed by atoms with E-state index >= 15 is 0 Å². The summed E-state index contributed by atoms with van der Waals surface area (Å²) in [4.78, 5) is 43.3. The maximum absolute atomic E-state index is 13.1. The highest BCUT2D eigenvalue weighted by molar-refractivity contribution is 5.88. The van der Waals surface area contributed by atoms with E-state index in [1.807, 2.05) is 60.8 Å². The molecule has 0 radical (unpaired) electrons. The Hall–Kier alpha value is -3.61. The number of amides is 2. The van der Waals surface area contributed by atoms with Crippen LogP contribution in [0.3, 0.4) is 0 Å². The van der Waals surface area contributed by atoms with Gasteiger partial charge in [-0.05, 0) is 30.0 Å². The number of esters is 1. The third kappa shape index (κ3) is 5.42. The van der Waals surface area contributed by atoms with Gasteiger partial charge in [-0.2, -0.15) is 0 Å². The van der Waals surface area contributed by atoms with Crippen LogP contribution in [0.25, 0.3) is 10.9 Å². The number of H-pyrrole nitrogens is 1. The van der Waals surface area contributed by atoms with Crippen LogP contribution in [0.5, 0.6) is 0 Å². The first kappa shape index (κ1) is 22.6. The number of methoxy groups -OCH3 is 1. The van der Waals surface area contributed by atoms with Gasteiger partial charge in [0.05, 0.1) is 19.4 Å². The number of piperidine rings is 1. The van der Waals surface area contributed by atoms with Crippen molar-refractivity contribution >= 4 is 28.7 Å². The zero-order chi connectivity index (χ0) is 23.2. The zero-order valence-electron chi connectivity index (χ0n) is 18.8. The topological polar surface area (TPSA) is 91.5 Å². The van der Waals surface area contributed by atoms with Gasteiger partial charge in [0.1, 0.15) is 6.04 Å². The fourth-order valence-corrected chi connectivity index (χ4v) is 4.45. The van der Waals surface area contributed by atoms with Crippen LogP contribution in [-0.2, 0) is 32.0 Å². The molecule has 1 aromatic heterocycles. The average molecular weight is 448 g/mol. The van der Waals surface area contributed by atoms with Gasteiger partial charge in [-0.25, -0.2) is 4.79 Å². The molecule has 2 N–H and O–H groups in total. The molecule has 1 unspecified atom stereocenters. The average Bonchev–Trinajstić information content (AvgIpc) is 3.26. The van der Waals surface area contributed by atoms with Crippen LogP contribution in [0.2, 0.25) is 0 Å². The Labute approximate surface area is 193 Å². The lowest BCUT2D eigenvalue weighted by Gasteiger charge is -2.33. The Kier molecular flexibility index (Phi) is 7.07. The maximum Gasteiger partial charge on any atom is 0.328 e. The van der Waals surface area contributed by atoms with Crippen LogP contribution in [0.15, 0.2) is 60.8 Å². The second-order valence-corrected chi connectivity index (χ2v) is 8.49. The SMILES string of the molecule is COC(=O)[C@@H](Cc1c[nH]c2ccccc12)NC(=O)C1CCCN(C(=O)Cc2ccccc2)C1. The van der Waals surface area contributed by atoms with E-state index in [1.165, 1.54) is 7.11 Å². The molecule has 0 spiro atoms. The van der Waals surface area contributed by atoms with Crippen molar-refractivity contribution in [2.75, 3.05) is 20.2 Å². The summed E-state index contributed by atoms with van der Waals surface area (Å²) in [6.45, 7) is 1.00. The van der Waals surface area contributed by atoms with Gasteiger partial charge >= 0.3 is 5.97 Å².